The lowest BCUT2D eigenvalue weighted by molar-refractivity contribution is 0.102. The van der Waals surface area contributed by atoms with Gasteiger partial charge >= 0.3 is 0 Å². The quantitative estimate of drug-likeness (QED) is 0.773. The maximum atomic E-state index is 12.4. The monoisotopic (exact) mass is 315 g/mol. The van der Waals surface area contributed by atoms with Crippen LogP contribution in [0.5, 0.6) is 5.75 Å². The number of amides is 1. The van der Waals surface area contributed by atoms with Crippen LogP contribution in [0.15, 0.2) is 36.4 Å². The first-order valence-electron chi connectivity index (χ1n) is 6.68. The first-order valence-corrected chi connectivity index (χ1v) is 7.06. The van der Waals surface area contributed by atoms with Gasteiger partial charge in [0.15, 0.2) is 5.69 Å². The normalized spacial score (nSPS) is 10.7. The minimum absolute atomic E-state index is 0.293. The number of hydrogen-bond acceptors (Lipinski definition) is 3. The van der Waals surface area contributed by atoms with E-state index >= 15 is 0 Å². The average molecular weight is 316 g/mol. The molecule has 0 saturated carbocycles. The Morgan fingerprint density at radius 1 is 1.27 bits per heavy atom. The number of nitrogens with zero attached hydrogens (tertiary/aromatic N) is 1. The highest BCUT2D eigenvalue weighted by molar-refractivity contribution is 6.32. The fourth-order valence-electron chi connectivity index (χ4n) is 2.24. The summed E-state index contributed by atoms with van der Waals surface area (Å²) < 4.78 is 5.09. The van der Waals surface area contributed by atoms with Crippen LogP contribution in [0.1, 0.15) is 16.1 Å². The van der Waals surface area contributed by atoms with E-state index in [1.807, 2.05) is 25.1 Å². The molecule has 22 heavy (non-hydrogen) atoms. The SMILES string of the molecule is COc1ccc(NC(=O)c2n[nH]c3ccc(C)cc23)cc1Cl. The Hall–Kier alpha value is -2.53. The van der Waals surface area contributed by atoms with Gasteiger partial charge in [0.05, 0.1) is 17.6 Å². The maximum absolute atomic E-state index is 12.4. The van der Waals surface area contributed by atoms with Gasteiger partial charge in [0, 0.05) is 11.1 Å². The number of aryl methyl sites for hydroxylation is 1. The van der Waals surface area contributed by atoms with E-state index in [-0.39, 0.29) is 5.91 Å². The van der Waals surface area contributed by atoms with Crippen molar-refractivity contribution in [3.63, 3.8) is 0 Å². The smallest absolute Gasteiger partial charge is 0.276 e. The molecule has 6 heteroatoms. The summed E-state index contributed by atoms with van der Waals surface area (Å²) >= 11 is 6.06. The molecule has 0 aliphatic rings. The Labute approximate surface area is 132 Å². The Morgan fingerprint density at radius 3 is 2.82 bits per heavy atom. The van der Waals surface area contributed by atoms with E-state index in [1.54, 1.807) is 18.2 Å². The lowest BCUT2D eigenvalue weighted by atomic mass is 10.1. The van der Waals surface area contributed by atoms with Crippen molar-refractivity contribution >= 4 is 34.1 Å². The summed E-state index contributed by atoms with van der Waals surface area (Å²) in [7, 11) is 1.54. The molecule has 112 valence electrons. The number of carbonyl (C=O) groups excluding carboxylic acids is 1. The second-order valence-corrected chi connectivity index (χ2v) is 5.33. The summed E-state index contributed by atoms with van der Waals surface area (Å²) in [6, 6.07) is 10.9. The molecule has 0 bridgehead atoms. The van der Waals surface area contributed by atoms with E-state index in [1.165, 1.54) is 7.11 Å². The van der Waals surface area contributed by atoms with E-state index < -0.39 is 0 Å². The summed E-state index contributed by atoms with van der Waals surface area (Å²) in [5.74, 6) is 0.263. The van der Waals surface area contributed by atoms with Crippen LogP contribution in [0, 0.1) is 6.92 Å². The van der Waals surface area contributed by atoms with Crippen LogP contribution in [0.25, 0.3) is 10.9 Å². The Bertz CT molecular complexity index is 858. The molecule has 3 aromatic rings. The van der Waals surface area contributed by atoms with Gasteiger partial charge in [0.1, 0.15) is 5.75 Å². The van der Waals surface area contributed by atoms with Gasteiger partial charge < -0.3 is 10.1 Å². The van der Waals surface area contributed by atoms with Gasteiger partial charge in [-0.05, 0) is 37.3 Å². The van der Waals surface area contributed by atoms with Crippen LogP contribution in [0.4, 0.5) is 5.69 Å². The van der Waals surface area contributed by atoms with Gasteiger partial charge in [-0.25, -0.2) is 0 Å². The predicted octanol–water partition coefficient (Wildman–Crippen LogP) is 3.79. The molecule has 1 amide bonds. The molecule has 2 aromatic carbocycles. The lowest BCUT2D eigenvalue weighted by Crippen LogP contribution is -2.12. The molecular formula is C16H14ClN3O2. The van der Waals surface area contributed by atoms with E-state index in [0.29, 0.717) is 22.2 Å². The van der Waals surface area contributed by atoms with Crippen molar-refractivity contribution in [2.24, 2.45) is 0 Å². The third kappa shape index (κ3) is 2.63. The second-order valence-electron chi connectivity index (χ2n) is 4.92. The van der Waals surface area contributed by atoms with Gasteiger partial charge in [0.25, 0.3) is 5.91 Å². The van der Waals surface area contributed by atoms with Crippen LogP contribution in [0.2, 0.25) is 5.02 Å². The van der Waals surface area contributed by atoms with E-state index in [9.17, 15) is 4.79 Å². The minimum atomic E-state index is -0.293. The van der Waals surface area contributed by atoms with Crippen LogP contribution in [0.3, 0.4) is 0 Å². The van der Waals surface area contributed by atoms with Crippen molar-refractivity contribution in [3.8, 4) is 5.75 Å². The molecule has 0 aliphatic carbocycles. The summed E-state index contributed by atoms with van der Waals surface area (Å²) in [6.07, 6.45) is 0. The number of benzene rings is 2. The number of anilines is 1. The summed E-state index contributed by atoms with van der Waals surface area (Å²) in [5, 5.41) is 11.0. The number of hydrogen-bond donors (Lipinski definition) is 2. The van der Waals surface area contributed by atoms with Crippen molar-refractivity contribution < 1.29 is 9.53 Å². The third-order valence-electron chi connectivity index (χ3n) is 3.34. The van der Waals surface area contributed by atoms with Gasteiger partial charge in [-0.15, -0.1) is 0 Å². The number of carbonyl (C=O) groups is 1. The average Bonchev–Trinajstić information content (AvgIpc) is 2.90. The Morgan fingerprint density at radius 2 is 2.09 bits per heavy atom. The highest BCUT2D eigenvalue weighted by atomic mass is 35.5. The molecule has 0 aliphatic heterocycles. The zero-order valence-corrected chi connectivity index (χ0v) is 12.9. The zero-order valence-electron chi connectivity index (χ0n) is 12.1. The Kier molecular flexibility index (Phi) is 3.73. The standard InChI is InChI=1S/C16H14ClN3O2/c1-9-3-5-13-11(7-9)15(20-19-13)16(21)18-10-4-6-14(22-2)12(17)8-10/h3-8H,1-2H3,(H,18,21)(H,19,20). The largest absolute Gasteiger partial charge is 0.495 e. The van der Waals surface area contributed by atoms with Gasteiger partial charge in [0.2, 0.25) is 0 Å². The van der Waals surface area contributed by atoms with E-state index in [4.69, 9.17) is 16.3 Å². The molecule has 0 atom stereocenters. The topological polar surface area (TPSA) is 67.0 Å². The molecule has 0 fully saturated rings. The van der Waals surface area contributed by atoms with Crippen molar-refractivity contribution in [1.29, 1.82) is 0 Å². The molecule has 0 spiro atoms. The number of fused-ring (bicyclic) bond motifs is 1. The number of aromatic amines is 1. The van der Waals surface area contributed by atoms with Gasteiger partial charge in [-0.3, -0.25) is 9.89 Å². The third-order valence-corrected chi connectivity index (χ3v) is 3.64. The number of aromatic nitrogens is 2. The highest BCUT2D eigenvalue weighted by Crippen LogP contribution is 2.27. The fraction of sp³-hybridized carbons (Fsp3) is 0.125. The molecule has 0 saturated heterocycles. The molecule has 1 heterocycles. The number of ether oxygens (including phenoxy) is 1. The first-order chi connectivity index (χ1) is 10.6. The van der Waals surface area contributed by atoms with E-state index in [2.05, 4.69) is 15.5 Å². The molecule has 3 rings (SSSR count). The Balaban J connectivity index is 1.90. The van der Waals surface area contributed by atoms with Crippen LogP contribution in [-0.2, 0) is 0 Å². The van der Waals surface area contributed by atoms with Crippen LogP contribution >= 0.6 is 11.6 Å². The number of methoxy groups -OCH3 is 1. The first kappa shape index (κ1) is 14.4. The lowest BCUT2D eigenvalue weighted by Gasteiger charge is -2.07. The van der Waals surface area contributed by atoms with Gasteiger partial charge in [-0.2, -0.15) is 5.10 Å². The molecule has 5 nitrogen and oxygen atoms in total. The predicted molar refractivity (Wildman–Crippen MR) is 86.8 cm³/mol. The van der Waals surface area contributed by atoms with Gasteiger partial charge in [-0.1, -0.05) is 23.2 Å². The summed E-state index contributed by atoms with van der Waals surface area (Å²) in [4.78, 5) is 12.4. The summed E-state index contributed by atoms with van der Waals surface area (Å²) in [5.41, 5.74) is 2.82. The molecule has 1 aromatic heterocycles. The molecule has 0 unspecified atom stereocenters. The number of rotatable bonds is 3. The number of H-pyrrole nitrogens is 1. The molecule has 0 radical (unpaired) electrons. The number of halogens is 1. The second kappa shape index (κ2) is 5.69. The van der Waals surface area contributed by atoms with Crippen molar-refractivity contribution in [2.75, 3.05) is 12.4 Å². The highest BCUT2D eigenvalue weighted by Gasteiger charge is 2.15. The van der Waals surface area contributed by atoms with E-state index in [0.717, 1.165) is 16.5 Å². The fourth-order valence-corrected chi connectivity index (χ4v) is 2.49. The maximum Gasteiger partial charge on any atom is 0.276 e. The van der Waals surface area contributed by atoms with Crippen molar-refractivity contribution in [1.82, 2.24) is 10.2 Å². The molecule has 2 N–H and O–H groups in total. The summed E-state index contributed by atoms with van der Waals surface area (Å²) in [6.45, 7) is 1.97. The minimum Gasteiger partial charge on any atom is -0.495 e. The molecular weight excluding hydrogens is 302 g/mol. The van der Waals surface area contributed by atoms with Crippen molar-refractivity contribution in [3.05, 3.63) is 52.7 Å². The van der Waals surface area contributed by atoms with Crippen LogP contribution < -0.4 is 10.1 Å². The van der Waals surface area contributed by atoms with Crippen LogP contribution in [-0.4, -0.2) is 23.2 Å². The number of nitrogens with one attached hydrogen (secondary N) is 2. The zero-order chi connectivity index (χ0) is 15.7. The van der Waals surface area contributed by atoms with Crippen molar-refractivity contribution in [2.45, 2.75) is 6.92 Å².